The van der Waals surface area contributed by atoms with E-state index in [1.807, 2.05) is 0 Å². The van der Waals surface area contributed by atoms with Crippen molar-refractivity contribution in [2.45, 2.75) is 26.7 Å². The first-order valence-electron chi connectivity index (χ1n) is 5.26. The molecule has 0 atom stereocenters. The molecule has 1 aromatic rings. The van der Waals surface area contributed by atoms with Crippen LogP contribution >= 0.6 is 0 Å². The van der Waals surface area contributed by atoms with Crippen LogP contribution in [0.25, 0.3) is 0 Å². The summed E-state index contributed by atoms with van der Waals surface area (Å²) >= 11 is 0. The highest BCUT2D eigenvalue weighted by molar-refractivity contribution is 5.56. The molecule has 0 aliphatic carbocycles. The van der Waals surface area contributed by atoms with Crippen LogP contribution < -0.4 is 11.1 Å². The fraction of sp³-hybridized carbons (Fsp3) is 0.500. The van der Waals surface area contributed by atoms with Gasteiger partial charge in [-0.3, -0.25) is 0 Å². The van der Waals surface area contributed by atoms with E-state index >= 15 is 0 Å². The molecule has 0 unspecified atom stereocenters. The zero-order valence-corrected chi connectivity index (χ0v) is 9.14. The Balaban J connectivity index is 2.49. The second kappa shape index (κ2) is 5.66. The van der Waals surface area contributed by atoms with Crippen LogP contribution in [-0.2, 0) is 0 Å². The van der Waals surface area contributed by atoms with Crippen molar-refractivity contribution in [1.82, 2.24) is 0 Å². The number of rotatable bonds is 5. The molecule has 0 aliphatic rings. The Morgan fingerprint density at radius 2 is 1.79 bits per heavy atom. The molecule has 0 radical (unpaired) electrons. The third kappa shape index (κ3) is 3.04. The average Bonchev–Trinajstić information content (AvgIpc) is 2.16. The molecule has 2 nitrogen and oxygen atoms in total. The lowest BCUT2D eigenvalue weighted by molar-refractivity contribution is 0.773. The summed E-state index contributed by atoms with van der Waals surface area (Å²) in [5, 5.41) is 3.46. The predicted molar refractivity (Wildman–Crippen MR) is 62.7 cm³/mol. The monoisotopic (exact) mass is 192 g/mol. The largest absolute Gasteiger partial charge is 0.385 e. The average molecular weight is 192 g/mol. The minimum absolute atomic E-state index is 0.786. The second-order valence-electron chi connectivity index (χ2n) is 3.69. The van der Waals surface area contributed by atoms with Crippen molar-refractivity contribution in [3.05, 3.63) is 29.3 Å². The molecule has 2 heteroatoms. The number of nitrogens with one attached hydrogen (secondary N) is 1. The quantitative estimate of drug-likeness (QED) is 0.703. The lowest BCUT2D eigenvalue weighted by Gasteiger charge is -2.11. The number of aryl methyl sites for hydroxylation is 2. The van der Waals surface area contributed by atoms with Gasteiger partial charge in [0.2, 0.25) is 0 Å². The van der Waals surface area contributed by atoms with Gasteiger partial charge in [0.1, 0.15) is 0 Å². The van der Waals surface area contributed by atoms with Crippen LogP contribution in [-0.4, -0.2) is 13.1 Å². The van der Waals surface area contributed by atoms with Crippen LogP contribution in [0.3, 0.4) is 0 Å². The first-order chi connectivity index (χ1) is 6.75. The summed E-state index contributed by atoms with van der Waals surface area (Å²) in [5.41, 5.74) is 9.36. The van der Waals surface area contributed by atoms with Gasteiger partial charge in [-0.1, -0.05) is 18.2 Å². The first-order valence-corrected chi connectivity index (χ1v) is 5.26. The van der Waals surface area contributed by atoms with Gasteiger partial charge in [0, 0.05) is 12.2 Å². The fourth-order valence-corrected chi connectivity index (χ4v) is 1.58. The molecule has 0 heterocycles. The summed E-state index contributed by atoms with van der Waals surface area (Å²) in [7, 11) is 0. The molecule has 0 fully saturated rings. The minimum Gasteiger partial charge on any atom is -0.385 e. The number of unbranched alkanes of at least 4 members (excludes halogenated alkanes) is 1. The topological polar surface area (TPSA) is 38.0 Å². The molecule has 3 N–H and O–H groups in total. The van der Waals surface area contributed by atoms with Crippen molar-refractivity contribution in [1.29, 1.82) is 0 Å². The molecule has 0 aromatic heterocycles. The normalized spacial score (nSPS) is 10.2. The molecule has 14 heavy (non-hydrogen) atoms. The third-order valence-electron chi connectivity index (χ3n) is 2.41. The zero-order chi connectivity index (χ0) is 10.4. The Morgan fingerprint density at radius 1 is 1.14 bits per heavy atom. The maximum atomic E-state index is 5.44. The number of hydrogen-bond acceptors (Lipinski definition) is 2. The molecular weight excluding hydrogens is 172 g/mol. The summed E-state index contributed by atoms with van der Waals surface area (Å²) in [5.74, 6) is 0. The number of nitrogens with two attached hydrogens (primary N) is 1. The van der Waals surface area contributed by atoms with Crippen molar-refractivity contribution in [2.24, 2.45) is 5.73 Å². The second-order valence-corrected chi connectivity index (χ2v) is 3.69. The van der Waals surface area contributed by atoms with Crippen LogP contribution in [0.2, 0.25) is 0 Å². The van der Waals surface area contributed by atoms with Crippen molar-refractivity contribution >= 4 is 5.69 Å². The lowest BCUT2D eigenvalue weighted by atomic mass is 10.1. The Morgan fingerprint density at radius 3 is 2.36 bits per heavy atom. The molecule has 0 bridgehead atoms. The van der Waals surface area contributed by atoms with Crippen LogP contribution in [0.15, 0.2) is 18.2 Å². The third-order valence-corrected chi connectivity index (χ3v) is 2.41. The van der Waals surface area contributed by atoms with E-state index in [9.17, 15) is 0 Å². The van der Waals surface area contributed by atoms with Gasteiger partial charge in [-0.25, -0.2) is 0 Å². The summed E-state index contributed by atoms with van der Waals surface area (Å²) < 4.78 is 0. The first kappa shape index (κ1) is 11.1. The fourth-order valence-electron chi connectivity index (χ4n) is 1.58. The van der Waals surface area contributed by atoms with Gasteiger partial charge in [0.25, 0.3) is 0 Å². The Labute approximate surface area is 86.5 Å². The van der Waals surface area contributed by atoms with Gasteiger partial charge >= 0.3 is 0 Å². The van der Waals surface area contributed by atoms with Gasteiger partial charge in [0.05, 0.1) is 0 Å². The minimum atomic E-state index is 0.786. The maximum Gasteiger partial charge on any atom is 0.0399 e. The van der Waals surface area contributed by atoms with Gasteiger partial charge in [-0.15, -0.1) is 0 Å². The predicted octanol–water partition coefficient (Wildman–Crippen LogP) is 2.45. The van der Waals surface area contributed by atoms with E-state index in [4.69, 9.17) is 5.73 Å². The number of benzene rings is 1. The molecule has 0 spiro atoms. The van der Waals surface area contributed by atoms with Crippen molar-refractivity contribution < 1.29 is 0 Å². The van der Waals surface area contributed by atoms with E-state index in [1.165, 1.54) is 16.8 Å². The van der Waals surface area contributed by atoms with E-state index in [-0.39, 0.29) is 0 Å². The van der Waals surface area contributed by atoms with Crippen molar-refractivity contribution in [3.63, 3.8) is 0 Å². The Hall–Kier alpha value is -1.02. The molecule has 0 amide bonds. The molecule has 78 valence electrons. The Kier molecular flexibility index (Phi) is 4.47. The molecule has 1 rings (SSSR count). The van der Waals surface area contributed by atoms with Gasteiger partial charge in [-0.2, -0.15) is 0 Å². The van der Waals surface area contributed by atoms with E-state index in [1.54, 1.807) is 0 Å². The molecule has 0 aliphatic heterocycles. The van der Waals surface area contributed by atoms with Crippen molar-refractivity contribution in [2.75, 3.05) is 18.4 Å². The highest BCUT2D eigenvalue weighted by Gasteiger charge is 1.99. The van der Waals surface area contributed by atoms with E-state index in [0.29, 0.717) is 0 Å². The standard InChI is InChI=1S/C12H20N2/c1-10-6-5-7-11(2)12(10)14-9-4-3-8-13/h5-7,14H,3-4,8-9,13H2,1-2H3. The van der Waals surface area contributed by atoms with Crippen LogP contribution in [0, 0.1) is 13.8 Å². The van der Waals surface area contributed by atoms with E-state index in [0.717, 1.165) is 25.9 Å². The SMILES string of the molecule is Cc1cccc(C)c1NCCCCN. The lowest BCUT2D eigenvalue weighted by Crippen LogP contribution is -2.07. The van der Waals surface area contributed by atoms with Crippen LogP contribution in [0.4, 0.5) is 5.69 Å². The zero-order valence-electron chi connectivity index (χ0n) is 9.14. The smallest absolute Gasteiger partial charge is 0.0399 e. The number of para-hydroxylation sites is 1. The summed E-state index contributed by atoms with van der Waals surface area (Å²) in [6.45, 7) is 6.08. The van der Waals surface area contributed by atoms with E-state index in [2.05, 4.69) is 37.4 Å². The Bertz CT molecular complexity index is 261. The number of anilines is 1. The van der Waals surface area contributed by atoms with Crippen LogP contribution in [0.1, 0.15) is 24.0 Å². The summed E-state index contributed by atoms with van der Waals surface area (Å²) in [6, 6.07) is 6.37. The number of hydrogen-bond donors (Lipinski definition) is 2. The highest BCUT2D eigenvalue weighted by Crippen LogP contribution is 2.19. The molecule has 1 aromatic carbocycles. The summed E-state index contributed by atoms with van der Waals surface area (Å²) in [6.07, 6.45) is 2.24. The molecular formula is C12H20N2. The van der Waals surface area contributed by atoms with Crippen LogP contribution in [0.5, 0.6) is 0 Å². The maximum absolute atomic E-state index is 5.44. The van der Waals surface area contributed by atoms with Crippen molar-refractivity contribution in [3.8, 4) is 0 Å². The van der Waals surface area contributed by atoms with Gasteiger partial charge in [0.15, 0.2) is 0 Å². The molecule has 0 saturated carbocycles. The van der Waals surface area contributed by atoms with E-state index < -0.39 is 0 Å². The van der Waals surface area contributed by atoms with Gasteiger partial charge < -0.3 is 11.1 Å². The highest BCUT2D eigenvalue weighted by atomic mass is 14.9. The molecule has 0 saturated heterocycles. The summed E-state index contributed by atoms with van der Waals surface area (Å²) in [4.78, 5) is 0. The van der Waals surface area contributed by atoms with Gasteiger partial charge in [-0.05, 0) is 44.4 Å².